The highest BCUT2D eigenvalue weighted by atomic mass is 35.5. The SMILES string of the molecule is O=C1/C(=C\c2cccc(Cl)c2Cl)CCc2ccccc21. The van der Waals surface area contributed by atoms with Crippen LogP contribution in [-0.4, -0.2) is 5.78 Å². The van der Waals surface area contributed by atoms with Gasteiger partial charge in [0.2, 0.25) is 0 Å². The molecule has 1 aliphatic carbocycles. The van der Waals surface area contributed by atoms with E-state index in [0.29, 0.717) is 10.0 Å². The van der Waals surface area contributed by atoms with Gasteiger partial charge < -0.3 is 0 Å². The van der Waals surface area contributed by atoms with E-state index < -0.39 is 0 Å². The molecule has 2 aromatic rings. The number of fused-ring (bicyclic) bond motifs is 1. The van der Waals surface area contributed by atoms with E-state index in [9.17, 15) is 4.79 Å². The first-order valence-electron chi connectivity index (χ1n) is 6.44. The highest BCUT2D eigenvalue weighted by Gasteiger charge is 2.21. The number of aryl methyl sites for hydroxylation is 1. The molecule has 0 fully saturated rings. The molecule has 3 heteroatoms. The van der Waals surface area contributed by atoms with Gasteiger partial charge in [-0.2, -0.15) is 0 Å². The molecule has 0 saturated carbocycles. The summed E-state index contributed by atoms with van der Waals surface area (Å²) < 4.78 is 0. The van der Waals surface area contributed by atoms with Crippen molar-refractivity contribution in [1.82, 2.24) is 0 Å². The number of hydrogen-bond acceptors (Lipinski definition) is 1. The van der Waals surface area contributed by atoms with Crippen LogP contribution < -0.4 is 0 Å². The van der Waals surface area contributed by atoms with Crippen molar-refractivity contribution in [2.45, 2.75) is 12.8 Å². The molecule has 0 amide bonds. The summed E-state index contributed by atoms with van der Waals surface area (Å²) >= 11 is 12.2. The zero-order valence-corrected chi connectivity index (χ0v) is 12.2. The van der Waals surface area contributed by atoms with E-state index in [1.165, 1.54) is 0 Å². The second-order valence-electron chi connectivity index (χ2n) is 4.80. The fraction of sp³-hybridized carbons (Fsp3) is 0.118. The number of carbonyl (C=O) groups is 1. The van der Waals surface area contributed by atoms with Gasteiger partial charge in [-0.1, -0.05) is 59.6 Å². The maximum atomic E-state index is 12.5. The standard InChI is InChI=1S/C17H12Cl2O/c18-15-7-3-5-12(16(15)19)10-13-9-8-11-4-1-2-6-14(11)17(13)20/h1-7,10H,8-9H2/b13-10-. The number of allylic oxidation sites excluding steroid dienone is 1. The summed E-state index contributed by atoms with van der Waals surface area (Å²) in [5, 5.41) is 0.998. The summed E-state index contributed by atoms with van der Waals surface area (Å²) in [6.45, 7) is 0. The Morgan fingerprint density at radius 3 is 2.60 bits per heavy atom. The van der Waals surface area contributed by atoms with E-state index in [4.69, 9.17) is 23.2 Å². The summed E-state index contributed by atoms with van der Waals surface area (Å²) in [4.78, 5) is 12.5. The predicted molar refractivity (Wildman–Crippen MR) is 83.5 cm³/mol. The molecule has 0 saturated heterocycles. The molecule has 0 aromatic heterocycles. The van der Waals surface area contributed by atoms with Crippen molar-refractivity contribution in [3.63, 3.8) is 0 Å². The lowest BCUT2D eigenvalue weighted by molar-refractivity contribution is 0.102. The fourth-order valence-electron chi connectivity index (χ4n) is 2.47. The smallest absolute Gasteiger partial charge is 0.189 e. The first kappa shape index (κ1) is 13.4. The largest absolute Gasteiger partial charge is 0.289 e. The predicted octanol–water partition coefficient (Wildman–Crippen LogP) is 5.21. The van der Waals surface area contributed by atoms with Crippen LogP contribution in [0.5, 0.6) is 0 Å². The minimum Gasteiger partial charge on any atom is -0.289 e. The Bertz CT molecular complexity index is 717. The zero-order chi connectivity index (χ0) is 14.1. The van der Waals surface area contributed by atoms with Crippen molar-refractivity contribution < 1.29 is 4.79 Å². The fourth-order valence-corrected chi connectivity index (χ4v) is 2.84. The third-order valence-corrected chi connectivity index (χ3v) is 4.36. The van der Waals surface area contributed by atoms with Crippen LogP contribution in [0, 0.1) is 0 Å². The van der Waals surface area contributed by atoms with Gasteiger partial charge in [0.05, 0.1) is 10.0 Å². The number of ketones is 1. The van der Waals surface area contributed by atoms with Crippen LogP contribution in [0.4, 0.5) is 0 Å². The van der Waals surface area contributed by atoms with Gasteiger partial charge in [-0.3, -0.25) is 4.79 Å². The molecule has 1 aliphatic rings. The number of Topliss-reactive ketones (excluding diaryl/α,β-unsaturated/α-hetero) is 1. The Hall–Kier alpha value is -1.57. The molecular weight excluding hydrogens is 291 g/mol. The summed E-state index contributed by atoms with van der Waals surface area (Å²) in [5.41, 5.74) is 3.49. The Kier molecular flexibility index (Phi) is 3.64. The number of carbonyl (C=O) groups excluding carboxylic acids is 1. The third-order valence-electron chi connectivity index (χ3n) is 3.53. The van der Waals surface area contributed by atoms with E-state index in [1.54, 1.807) is 6.07 Å². The molecule has 0 bridgehead atoms. The van der Waals surface area contributed by atoms with Crippen molar-refractivity contribution in [3.05, 3.63) is 74.8 Å². The van der Waals surface area contributed by atoms with Crippen LogP contribution in [0.25, 0.3) is 6.08 Å². The molecule has 1 nitrogen and oxygen atoms in total. The van der Waals surface area contributed by atoms with Crippen molar-refractivity contribution in [3.8, 4) is 0 Å². The van der Waals surface area contributed by atoms with Crippen LogP contribution >= 0.6 is 23.2 Å². The average Bonchev–Trinajstić information content (AvgIpc) is 2.47. The van der Waals surface area contributed by atoms with E-state index >= 15 is 0 Å². The van der Waals surface area contributed by atoms with Gasteiger partial charge in [-0.25, -0.2) is 0 Å². The minimum atomic E-state index is 0.0860. The zero-order valence-electron chi connectivity index (χ0n) is 10.7. The van der Waals surface area contributed by atoms with Gasteiger partial charge >= 0.3 is 0 Å². The van der Waals surface area contributed by atoms with Crippen LogP contribution in [0.2, 0.25) is 10.0 Å². The van der Waals surface area contributed by atoms with Crippen LogP contribution in [0.1, 0.15) is 27.9 Å². The lowest BCUT2D eigenvalue weighted by Crippen LogP contribution is -2.13. The molecule has 2 aromatic carbocycles. The van der Waals surface area contributed by atoms with Crippen LogP contribution in [0.3, 0.4) is 0 Å². The molecule has 100 valence electrons. The highest BCUT2D eigenvalue weighted by molar-refractivity contribution is 6.43. The topological polar surface area (TPSA) is 17.1 Å². The van der Waals surface area contributed by atoms with Gasteiger partial charge in [0, 0.05) is 11.1 Å². The molecule has 20 heavy (non-hydrogen) atoms. The molecule has 0 heterocycles. The number of rotatable bonds is 1. The number of benzene rings is 2. The van der Waals surface area contributed by atoms with Gasteiger partial charge in [0.1, 0.15) is 0 Å². The van der Waals surface area contributed by atoms with E-state index in [1.807, 2.05) is 42.5 Å². The van der Waals surface area contributed by atoms with Crippen molar-refractivity contribution in [1.29, 1.82) is 0 Å². The summed E-state index contributed by atoms with van der Waals surface area (Å²) in [6.07, 6.45) is 3.47. The first-order chi connectivity index (χ1) is 9.66. The lowest BCUT2D eigenvalue weighted by Gasteiger charge is -2.17. The molecule has 0 spiro atoms. The van der Waals surface area contributed by atoms with Gasteiger partial charge in [-0.15, -0.1) is 0 Å². The Morgan fingerprint density at radius 1 is 0.950 bits per heavy atom. The van der Waals surface area contributed by atoms with Gasteiger partial charge in [0.25, 0.3) is 0 Å². The molecule has 0 N–H and O–H groups in total. The molecule has 0 radical (unpaired) electrons. The molecule has 0 atom stereocenters. The summed E-state index contributed by atoms with van der Waals surface area (Å²) in [6, 6.07) is 13.2. The lowest BCUT2D eigenvalue weighted by atomic mass is 9.86. The normalized spacial score (nSPS) is 16.3. The minimum absolute atomic E-state index is 0.0860. The van der Waals surface area contributed by atoms with Crippen molar-refractivity contribution >= 4 is 35.1 Å². The maximum absolute atomic E-state index is 12.5. The second-order valence-corrected chi connectivity index (χ2v) is 5.58. The Labute approximate surface area is 127 Å². The van der Waals surface area contributed by atoms with E-state index in [2.05, 4.69) is 0 Å². The molecular formula is C17H12Cl2O. The van der Waals surface area contributed by atoms with Crippen LogP contribution in [-0.2, 0) is 6.42 Å². The van der Waals surface area contributed by atoms with E-state index in [0.717, 1.165) is 35.1 Å². The quantitative estimate of drug-likeness (QED) is 0.661. The molecule has 3 rings (SSSR count). The van der Waals surface area contributed by atoms with Crippen LogP contribution in [0.15, 0.2) is 48.0 Å². The Balaban J connectivity index is 2.02. The highest BCUT2D eigenvalue weighted by Crippen LogP contribution is 2.31. The van der Waals surface area contributed by atoms with Crippen molar-refractivity contribution in [2.24, 2.45) is 0 Å². The molecule has 0 aliphatic heterocycles. The van der Waals surface area contributed by atoms with Gasteiger partial charge in [-0.05, 0) is 36.1 Å². The summed E-state index contributed by atoms with van der Waals surface area (Å²) in [7, 11) is 0. The third kappa shape index (κ3) is 2.39. The second kappa shape index (κ2) is 5.43. The number of halogens is 2. The Morgan fingerprint density at radius 2 is 1.75 bits per heavy atom. The number of hydrogen-bond donors (Lipinski definition) is 0. The summed E-state index contributed by atoms with van der Waals surface area (Å²) in [5.74, 6) is 0.0860. The first-order valence-corrected chi connectivity index (χ1v) is 7.19. The van der Waals surface area contributed by atoms with Crippen molar-refractivity contribution in [2.75, 3.05) is 0 Å². The van der Waals surface area contributed by atoms with Gasteiger partial charge in [0.15, 0.2) is 5.78 Å². The maximum Gasteiger partial charge on any atom is 0.189 e. The van der Waals surface area contributed by atoms with E-state index in [-0.39, 0.29) is 5.78 Å². The molecule has 0 unspecified atom stereocenters. The average molecular weight is 303 g/mol. The monoisotopic (exact) mass is 302 g/mol.